The van der Waals surface area contributed by atoms with Crippen molar-refractivity contribution in [2.24, 2.45) is 23.2 Å². The van der Waals surface area contributed by atoms with E-state index in [1.165, 1.54) is 63.5 Å². The van der Waals surface area contributed by atoms with Gasteiger partial charge in [0.2, 0.25) is 0 Å². The highest BCUT2D eigenvalue weighted by atomic mass is 16.5. The smallest absolute Gasteiger partial charge is 0.0959 e. The third kappa shape index (κ3) is 2.50. The average molecular weight is 327 g/mol. The van der Waals surface area contributed by atoms with E-state index < -0.39 is 0 Å². The first-order valence-corrected chi connectivity index (χ1v) is 10.3. The molecule has 1 saturated carbocycles. The van der Waals surface area contributed by atoms with Crippen LogP contribution in [0.1, 0.15) is 78.1 Å². The molecule has 0 aromatic carbocycles. The first-order chi connectivity index (χ1) is 11.7. The second-order valence-corrected chi connectivity index (χ2v) is 8.82. The highest BCUT2D eigenvalue weighted by Crippen LogP contribution is 2.61. The second kappa shape index (κ2) is 6.39. The third-order valence-electron chi connectivity index (χ3n) is 7.86. The van der Waals surface area contributed by atoms with Gasteiger partial charge in [-0.05, 0) is 80.6 Å². The van der Waals surface area contributed by atoms with E-state index in [1.54, 1.807) is 5.57 Å². The molecule has 4 aliphatic carbocycles. The summed E-state index contributed by atoms with van der Waals surface area (Å²) < 4.78 is 5.53. The van der Waals surface area contributed by atoms with E-state index in [2.05, 4.69) is 26.0 Å². The Labute approximate surface area is 148 Å². The predicted octanol–water partition coefficient (Wildman–Crippen LogP) is 6.57. The van der Waals surface area contributed by atoms with Crippen LogP contribution in [0.2, 0.25) is 0 Å². The molecular weight excluding hydrogens is 292 g/mol. The molecule has 0 aliphatic heterocycles. The summed E-state index contributed by atoms with van der Waals surface area (Å²) in [5.74, 6) is 3.94. The van der Waals surface area contributed by atoms with Gasteiger partial charge in [-0.25, -0.2) is 0 Å². The summed E-state index contributed by atoms with van der Waals surface area (Å²) in [5.41, 5.74) is 5.89. The molecule has 0 amide bonds. The molecule has 4 atom stereocenters. The van der Waals surface area contributed by atoms with Crippen molar-refractivity contribution >= 4 is 0 Å². The van der Waals surface area contributed by atoms with E-state index >= 15 is 0 Å². The fourth-order valence-electron chi connectivity index (χ4n) is 6.46. The van der Waals surface area contributed by atoms with Crippen LogP contribution >= 0.6 is 0 Å². The lowest BCUT2D eigenvalue weighted by Crippen LogP contribution is -2.42. The lowest BCUT2D eigenvalue weighted by molar-refractivity contribution is 0.0542. The van der Waals surface area contributed by atoms with Crippen LogP contribution in [-0.4, -0.2) is 7.11 Å². The zero-order valence-electron chi connectivity index (χ0n) is 15.9. The first-order valence-electron chi connectivity index (χ1n) is 10.3. The Bertz CT molecular complexity index is 593. The van der Waals surface area contributed by atoms with Gasteiger partial charge in [0.25, 0.3) is 0 Å². The SMILES string of the molecule is CCCCC1=CCC2C3CCC4=C(CC=C(OC)C4)C3CCC12C. The largest absolute Gasteiger partial charge is 0.501 e. The summed E-state index contributed by atoms with van der Waals surface area (Å²) in [6, 6.07) is 0. The van der Waals surface area contributed by atoms with Gasteiger partial charge in [0, 0.05) is 6.42 Å². The van der Waals surface area contributed by atoms with E-state index in [4.69, 9.17) is 4.74 Å². The molecule has 1 nitrogen and oxygen atoms in total. The molecule has 0 spiro atoms. The van der Waals surface area contributed by atoms with Crippen LogP contribution < -0.4 is 0 Å². The van der Waals surface area contributed by atoms with Gasteiger partial charge in [-0.1, -0.05) is 43.1 Å². The number of hydrogen-bond donors (Lipinski definition) is 0. The minimum atomic E-state index is 0.524. The van der Waals surface area contributed by atoms with Crippen LogP contribution in [0.25, 0.3) is 0 Å². The summed E-state index contributed by atoms with van der Waals surface area (Å²) in [5, 5.41) is 0. The van der Waals surface area contributed by atoms with Crippen molar-refractivity contribution in [2.45, 2.75) is 78.1 Å². The highest BCUT2D eigenvalue weighted by molar-refractivity contribution is 5.34. The summed E-state index contributed by atoms with van der Waals surface area (Å²) in [7, 11) is 1.83. The van der Waals surface area contributed by atoms with Crippen molar-refractivity contribution in [3.8, 4) is 0 Å². The number of methoxy groups -OCH3 is 1. The Balaban J connectivity index is 1.53. The maximum atomic E-state index is 5.53. The average Bonchev–Trinajstić information content (AvgIpc) is 2.95. The van der Waals surface area contributed by atoms with Crippen molar-refractivity contribution in [2.75, 3.05) is 7.11 Å². The number of hydrogen-bond acceptors (Lipinski definition) is 1. The molecule has 4 unspecified atom stereocenters. The van der Waals surface area contributed by atoms with Gasteiger partial charge >= 0.3 is 0 Å². The van der Waals surface area contributed by atoms with E-state index in [-0.39, 0.29) is 0 Å². The predicted molar refractivity (Wildman–Crippen MR) is 101 cm³/mol. The molecule has 1 heteroatoms. The van der Waals surface area contributed by atoms with Gasteiger partial charge in [-0.2, -0.15) is 0 Å². The number of rotatable bonds is 4. The van der Waals surface area contributed by atoms with Gasteiger partial charge in [0.05, 0.1) is 12.9 Å². The van der Waals surface area contributed by atoms with Crippen molar-refractivity contribution in [3.63, 3.8) is 0 Å². The zero-order chi connectivity index (χ0) is 16.7. The molecule has 0 aromatic rings. The Morgan fingerprint density at radius 1 is 1.25 bits per heavy atom. The molecule has 1 fully saturated rings. The number of allylic oxidation sites excluding steroid dienone is 5. The number of ether oxygens (including phenoxy) is 1. The molecule has 24 heavy (non-hydrogen) atoms. The normalized spacial score (nSPS) is 38.0. The van der Waals surface area contributed by atoms with Crippen LogP contribution in [0.3, 0.4) is 0 Å². The van der Waals surface area contributed by atoms with Gasteiger partial charge in [0.15, 0.2) is 0 Å². The molecule has 132 valence electrons. The van der Waals surface area contributed by atoms with E-state index in [1.807, 2.05) is 18.3 Å². The standard InChI is InChI=1S/C23H34O/c1-4-5-6-17-8-12-22-21-10-7-16-15-18(24-3)9-11-19(16)20(21)13-14-23(17,22)2/h8-9,20-22H,4-7,10-15H2,1-3H3. The monoisotopic (exact) mass is 326 g/mol. The molecule has 4 rings (SSSR count). The summed E-state index contributed by atoms with van der Waals surface area (Å²) in [6.07, 6.45) is 18.3. The van der Waals surface area contributed by atoms with E-state index in [9.17, 15) is 0 Å². The topological polar surface area (TPSA) is 9.23 Å². The summed E-state index contributed by atoms with van der Waals surface area (Å²) >= 11 is 0. The van der Waals surface area contributed by atoms with E-state index in [0.29, 0.717) is 5.41 Å². The van der Waals surface area contributed by atoms with Gasteiger partial charge in [0.1, 0.15) is 0 Å². The van der Waals surface area contributed by atoms with Crippen LogP contribution in [-0.2, 0) is 4.74 Å². The molecule has 4 aliphatic rings. The van der Waals surface area contributed by atoms with Gasteiger partial charge in [-0.15, -0.1) is 0 Å². The fraction of sp³-hybridized carbons (Fsp3) is 0.739. The van der Waals surface area contributed by atoms with Gasteiger partial charge in [-0.3, -0.25) is 0 Å². The maximum absolute atomic E-state index is 5.53. The lowest BCUT2D eigenvalue weighted by Gasteiger charge is -2.51. The highest BCUT2D eigenvalue weighted by Gasteiger charge is 2.51. The molecule has 0 N–H and O–H groups in total. The molecule has 0 heterocycles. The molecule has 0 aromatic heterocycles. The van der Waals surface area contributed by atoms with Crippen molar-refractivity contribution in [1.29, 1.82) is 0 Å². The van der Waals surface area contributed by atoms with E-state index in [0.717, 1.165) is 24.2 Å². The number of fused-ring (bicyclic) bond motifs is 4. The Hall–Kier alpha value is -0.980. The Morgan fingerprint density at radius 3 is 2.92 bits per heavy atom. The van der Waals surface area contributed by atoms with Crippen molar-refractivity contribution in [3.05, 3.63) is 34.6 Å². The third-order valence-corrected chi connectivity index (χ3v) is 7.86. The molecule has 0 bridgehead atoms. The fourth-order valence-corrected chi connectivity index (χ4v) is 6.46. The van der Waals surface area contributed by atoms with Crippen LogP contribution in [0.15, 0.2) is 34.6 Å². The summed E-state index contributed by atoms with van der Waals surface area (Å²) in [6.45, 7) is 4.93. The first kappa shape index (κ1) is 16.5. The summed E-state index contributed by atoms with van der Waals surface area (Å²) in [4.78, 5) is 0. The Kier molecular flexibility index (Phi) is 4.39. The van der Waals surface area contributed by atoms with Crippen molar-refractivity contribution in [1.82, 2.24) is 0 Å². The van der Waals surface area contributed by atoms with Gasteiger partial charge < -0.3 is 4.74 Å². The Morgan fingerprint density at radius 2 is 2.12 bits per heavy atom. The quantitative estimate of drug-likeness (QED) is 0.531. The zero-order valence-corrected chi connectivity index (χ0v) is 15.9. The lowest BCUT2D eigenvalue weighted by atomic mass is 9.53. The molecular formula is C23H34O. The van der Waals surface area contributed by atoms with Crippen molar-refractivity contribution < 1.29 is 4.74 Å². The maximum Gasteiger partial charge on any atom is 0.0959 e. The van der Waals surface area contributed by atoms with Crippen LogP contribution in [0.5, 0.6) is 0 Å². The second-order valence-electron chi connectivity index (χ2n) is 8.82. The minimum Gasteiger partial charge on any atom is -0.501 e. The molecule has 0 saturated heterocycles. The number of unbranched alkanes of at least 4 members (excludes halogenated alkanes) is 1. The minimum absolute atomic E-state index is 0.524. The molecule has 0 radical (unpaired) electrons. The van der Waals surface area contributed by atoms with Crippen LogP contribution in [0.4, 0.5) is 0 Å². The van der Waals surface area contributed by atoms with Crippen LogP contribution in [0, 0.1) is 23.2 Å².